The van der Waals surface area contributed by atoms with Crippen molar-refractivity contribution in [1.29, 1.82) is 0 Å². The zero-order valence-corrected chi connectivity index (χ0v) is 18.7. The van der Waals surface area contributed by atoms with Crippen molar-refractivity contribution in [2.45, 2.75) is 13.1 Å². The van der Waals surface area contributed by atoms with Crippen molar-refractivity contribution in [2.24, 2.45) is 10.7 Å². The summed E-state index contributed by atoms with van der Waals surface area (Å²) in [5.74, 6) is -0.674. The summed E-state index contributed by atoms with van der Waals surface area (Å²) in [5.41, 5.74) is 5.28. The molecule has 2 heterocycles. The number of nitrogens with zero attached hydrogens (tertiary/aromatic N) is 5. The SMILES string of the molecule is CCN(CCN=CC=C(N)c1cccc(C(F)(F)F)n1)C(=O)c1cc(F)ccc1-c1ncccn1. The van der Waals surface area contributed by atoms with Gasteiger partial charge in [-0.25, -0.2) is 19.3 Å². The lowest BCUT2D eigenvalue weighted by Gasteiger charge is -2.21. The van der Waals surface area contributed by atoms with Gasteiger partial charge in [-0.1, -0.05) is 6.07 Å². The number of carbonyl (C=O) groups excluding carboxylic acids is 1. The van der Waals surface area contributed by atoms with Crippen molar-refractivity contribution >= 4 is 17.8 Å². The first-order valence-corrected chi connectivity index (χ1v) is 10.6. The van der Waals surface area contributed by atoms with Crippen molar-refractivity contribution in [2.75, 3.05) is 19.6 Å². The largest absolute Gasteiger partial charge is 0.433 e. The van der Waals surface area contributed by atoms with E-state index in [1.54, 1.807) is 13.0 Å². The van der Waals surface area contributed by atoms with E-state index >= 15 is 0 Å². The molecule has 1 amide bonds. The highest BCUT2D eigenvalue weighted by Crippen LogP contribution is 2.28. The van der Waals surface area contributed by atoms with Crippen LogP contribution in [0.15, 0.2) is 65.9 Å². The minimum absolute atomic E-state index is 0.00976. The number of hydrogen-bond donors (Lipinski definition) is 1. The standard InChI is InChI=1S/C24H22F4N6O/c1-2-34(23(35)18-15-16(25)7-8-17(18)22-31-10-4-11-32-22)14-13-30-12-9-19(29)20-5-3-6-21(33-20)24(26,27)28/h3-12,15H,2,13-14,29H2,1H3. The van der Waals surface area contributed by atoms with Crippen LogP contribution in [-0.4, -0.2) is 51.6 Å². The number of nitrogens with two attached hydrogens (primary N) is 1. The molecule has 0 spiro atoms. The number of benzene rings is 1. The number of aromatic nitrogens is 3. The number of hydrogen-bond acceptors (Lipinski definition) is 6. The van der Waals surface area contributed by atoms with Crippen LogP contribution in [0.2, 0.25) is 0 Å². The fraction of sp³-hybridized carbons (Fsp3) is 0.208. The Morgan fingerprint density at radius 1 is 1.14 bits per heavy atom. The van der Waals surface area contributed by atoms with E-state index in [9.17, 15) is 22.4 Å². The van der Waals surface area contributed by atoms with Crippen LogP contribution in [0.5, 0.6) is 0 Å². The number of alkyl halides is 3. The maximum Gasteiger partial charge on any atom is 0.433 e. The highest BCUT2D eigenvalue weighted by atomic mass is 19.4. The first-order valence-electron chi connectivity index (χ1n) is 10.6. The summed E-state index contributed by atoms with van der Waals surface area (Å²) in [4.78, 5) is 30.5. The summed E-state index contributed by atoms with van der Waals surface area (Å²) in [7, 11) is 0. The number of rotatable bonds is 8. The molecule has 0 aliphatic heterocycles. The van der Waals surface area contributed by atoms with Crippen LogP contribution in [0.1, 0.15) is 28.7 Å². The molecule has 0 bridgehead atoms. The number of pyridine rings is 1. The molecule has 3 rings (SSSR count). The van der Waals surface area contributed by atoms with Gasteiger partial charge in [0.15, 0.2) is 5.82 Å². The normalized spacial score (nSPS) is 12.2. The van der Waals surface area contributed by atoms with Crippen molar-refractivity contribution in [1.82, 2.24) is 19.9 Å². The Labute approximate surface area is 199 Å². The van der Waals surface area contributed by atoms with E-state index < -0.39 is 23.6 Å². The lowest BCUT2D eigenvalue weighted by molar-refractivity contribution is -0.141. The Balaban J connectivity index is 1.68. The van der Waals surface area contributed by atoms with E-state index in [1.165, 1.54) is 53.8 Å². The van der Waals surface area contributed by atoms with Gasteiger partial charge in [0.25, 0.3) is 5.91 Å². The van der Waals surface area contributed by atoms with Crippen LogP contribution in [0.4, 0.5) is 17.6 Å². The van der Waals surface area contributed by atoms with Gasteiger partial charge < -0.3 is 10.6 Å². The molecule has 0 saturated carbocycles. The van der Waals surface area contributed by atoms with Crippen molar-refractivity contribution in [3.05, 3.63) is 83.7 Å². The smallest absolute Gasteiger partial charge is 0.397 e. The molecule has 0 radical (unpaired) electrons. The molecule has 2 N–H and O–H groups in total. The topological polar surface area (TPSA) is 97.4 Å². The van der Waals surface area contributed by atoms with Gasteiger partial charge in [-0.15, -0.1) is 0 Å². The van der Waals surface area contributed by atoms with Crippen molar-refractivity contribution in [3.63, 3.8) is 0 Å². The first-order chi connectivity index (χ1) is 16.7. The third-order valence-electron chi connectivity index (χ3n) is 4.88. The number of allylic oxidation sites excluding steroid dienone is 1. The molecule has 1 aromatic carbocycles. The number of likely N-dealkylation sites (N-methyl/N-ethyl adjacent to an activating group) is 1. The lowest BCUT2D eigenvalue weighted by Crippen LogP contribution is -2.33. The summed E-state index contributed by atoms with van der Waals surface area (Å²) in [6, 6.07) is 8.91. The molecule has 2 aromatic heterocycles. The lowest BCUT2D eigenvalue weighted by atomic mass is 10.0. The zero-order chi connectivity index (χ0) is 25.4. The van der Waals surface area contributed by atoms with Crippen LogP contribution in [0, 0.1) is 5.82 Å². The Kier molecular flexibility index (Phi) is 8.24. The molecule has 0 atom stereocenters. The quantitative estimate of drug-likeness (QED) is 0.380. The average Bonchev–Trinajstić information content (AvgIpc) is 2.85. The van der Waals surface area contributed by atoms with Gasteiger partial charge in [0.05, 0.1) is 23.5 Å². The van der Waals surface area contributed by atoms with Gasteiger partial charge in [0, 0.05) is 37.3 Å². The second-order valence-corrected chi connectivity index (χ2v) is 7.23. The fourth-order valence-corrected chi connectivity index (χ4v) is 3.12. The molecule has 0 aliphatic carbocycles. The molecule has 0 aliphatic rings. The van der Waals surface area contributed by atoms with Crippen LogP contribution in [-0.2, 0) is 6.18 Å². The van der Waals surface area contributed by atoms with Gasteiger partial charge >= 0.3 is 6.18 Å². The van der Waals surface area contributed by atoms with Crippen molar-refractivity contribution < 1.29 is 22.4 Å². The first kappa shape index (κ1) is 25.5. The van der Waals surface area contributed by atoms with E-state index in [-0.39, 0.29) is 30.0 Å². The molecule has 0 fully saturated rings. The molecule has 0 saturated heterocycles. The van der Waals surface area contributed by atoms with Gasteiger partial charge in [-0.05, 0) is 49.4 Å². The van der Waals surface area contributed by atoms with E-state index in [2.05, 4.69) is 19.9 Å². The predicted molar refractivity (Wildman–Crippen MR) is 124 cm³/mol. The molecular weight excluding hydrogens is 464 g/mol. The molecule has 35 heavy (non-hydrogen) atoms. The summed E-state index contributed by atoms with van der Waals surface area (Å²) in [6.07, 6.45) is 1.15. The number of amides is 1. The number of halogens is 4. The summed E-state index contributed by atoms with van der Waals surface area (Å²) < 4.78 is 52.4. The highest BCUT2D eigenvalue weighted by molar-refractivity contribution is 6.00. The van der Waals surface area contributed by atoms with E-state index in [4.69, 9.17) is 5.73 Å². The van der Waals surface area contributed by atoms with E-state index in [1.807, 2.05) is 0 Å². The minimum Gasteiger partial charge on any atom is -0.397 e. The predicted octanol–water partition coefficient (Wildman–Crippen LogP) is 4.23. The van der Waals surface area contributed by atoms with Crippen LogP contribution in [0.3, 0.4) is 0 Å². The van der Waals surface area contributed by atoms with E-state index in [0.29, 0.717) is 17.9 Å². The summed E-state index contributed by atoms with van der Waals surface area (Å²) in [6.45, 7) is 2.52. The van der Waals surface area contributed by atoms with Crippen LogP contribution in [0.25, 0.3) is 17.1 Å². The maximum atomic E-state index is 13.9. The molecule has 7 nitrogen and oxygen atoms in total. The van der Waals surface area contributed by atoms with E-state index in [0.717, 1.165) is 12.1 Å². The second-order valence-electron chi connectivity index (χ2n) is 7.23. The van der Waals surface area contributed by atoms with Gasteiger partial charge in [0.2, 0.25) is 0 Å². The van der Waals surface area contributed by atoms with Gasteiger partial charge in [0.1, 0.15) is 11.5 Å². The van der Waals surface area contributed by atoms with Crippen molar-refractivity contribution in [3.8, 4) is 11.4 Å². The Bertz CT molecular complexity index is 1230. The summed E-state index contributed by atoms with van der Waals surface area (Å²) in [5, 5.41) is 0. The maximum absolute atomic E-state index is 13.9. The summed E-state index contributed by atoms with van der Waals surface area (Å²) >= 11 is 0. The second kappa shape index (κ2) is 11.3. The Morgan fingerprint density at radius 2 is 1.89 bits per heavy atom. The molecule has 11 heteroatoms. The molecular formula is C24H22F4N6O. The van der Waals surface area contributed by atoms with Gasteiger partial charge in [-0.2, -0.15) is 13.2 Å². The van der Waals surface area contributed by atoms with Crippen LogP contribution < -0.4 is 5.73 Å². The Hall–Kier alpha value is -4.15. The minimum atomic E-state index is -4.57. The molecule has 3 aromatic rings. The number of aliphatic imine (C=N–C) groups is 1. The average molecular weight is 486 g/mol. The van der Waals surface area contributed by atoms with Gasteiger partial charge in [-0.3, -0.25) is 9.79 Å². The fourth-order valence-electron chi connectivity index (χ4n) is 3.12. The zero-order valence-electron chi connectivity index (χ0n) is 18.7. The third kappa shape index (κ3) is 6.69. The highest BCUT2D eigenvalue weighted by Gasteiger charge is 2.32. The molecule has 182 valence electrons. The third-order valence-corrected chi connectivity index (χ3v) is 4.88. The Morgan fingerprint density at radius 3 is 2.57 bits per heavy atom. The monoisotopic (exact) mass is 486 g/mol. The van der Waals surface area contributed by atoms with Crippen LogP contribution >= 0.6 is 0 Å². The molecule has 0 unspecified atom stereocenters. The number of carbonyl (C=O) groups is 1.